The largest absolute Gasteiger partial charge is 0.493 e. The molecule has 5 rings (SSSR count). The number of nitrogens with two attached hydrogens (primary N) is 1. The summed E-state index contributed by atoms with van der Waals surface area (Å²) in [5.41, 5.74) is 7.81. The van der Waals surface area contributed by atoms with Gasteiger partial charge in [-0.2, -0.15) is 0 Å². The van der Waals surface area contributed by atoms with Gasteiger partial charge in [-0.05, 0) is 68.6 Å². The highest BCUT2D eigenvalue weighted by Crippen LogP contribution is 2.38. The number of primary amides is 1. The first-order valence-electron chi connectivity index (χ1n) is 13.8. The van der Waals surface area contributed by atoms with Crippen LogP contribution in [0.4, 0.5) is 10.1 Å². The molecule has 1 fully saturated rings. The molecule has 3 N–H and O–H groups in total. The number of benzene rings is 3. The van der Waals surface area contributed by atoms with Gasteiger partial charge in [0.1, 0.15) is 5.75 Å². The van der Waals surface area contributed by atoms with E-state index in [-0.39, 0.29) is 18.0 Å². The van der Waals surface area contributed by atoms with Gasteiger partial charge in [0.15, 0.2) is 23.1 Å². The number of amides is 2. The fourth-order valence-corrected chi connectivity index (χ4v) is 5.01. The highest BCUT2D eigenvalue weighted by Gasteiger charge is 2.23. The summed E-state index contributed by atoms with van der Waals surface area (Å²) in [5, 5.41) is 3.96. The Labute approximate surface area is 243 Å². The maximum Gasteiger partial charge on any atom is 0.316 e. The number of fused-ring (bicyclic) bond motifs is 1. The number of hydrogen-bond donors (Lipinski definition) is 2. The van der Waals surface area contributed by atoms with Crippen molar-refractivity contribution >= 4 is 28.4 Å². The molecule has 4 aromatic rings. The van der Waals surface area contributed by atoms with Crippen LogP contribution >= 0.6 is 0 Å². The van der Waals surface area contributed by atoms with Crippen LogP contribution in [0.3, 0.4) is 0 Å². The van der Waals surface area contributed by atoms with E-state index >= 15 is 4.39 Å². The van der Waals surface area contributed by atoms with E-state index in [9.17, 15) is 9.59 Å². The number of carbonyl (C=O) groups excluding carboxylic acids is 2. The normalized spacial score (nSPS) is 13.5. The second-order valence-corrected chi connectivity index (χ2v) is 10.3. The smallest absolute Gasteiger partial charge is 0.316 e. The standard InChI is InChI=1S/C32H33FN4O5/c1-20-4-3-5-22(14-20)18-37(32(39)31(34)38)23-6-7-28(25(33)15-23)42-27-10-13-36-26-17-30(29(40-2)16-24(26)27)41-19-21-8-11-35-12-9-21/h3-7,10,13-17,21,35H,8-9,11-12,18-19H2,1-2H3,(H2,34,38). The second-order valence-electron chi connectivity index (χ2n) is 10.3. The van der Waals surface area contributed by atoms with E-state index in [1.807, 2.05) is 31.2 Å². The molecule has 1 aliphatic heterocycles. The van der Waals surface area contributed by atoms with Gasteiger partial charge in [0.2, 0.25) is 0 Å². The molecule has 42 heavy (non-hydrogen) atoms. The SMILES string of the molecule is COc1cc2c(Oc3ccc(N(Cc4cccc(C)c4)C(=O)C(N)=O)cc3F)ccnc2cc1OCC1CCNCC1. The summed E-state index contributed by atoms with van der Waals surface area (Å²) in [4.78, 5) is 30.0. The molecule has 0 atom stereocenters. The van der Waals surface area contributed by atoms with Crippen LogP contribution in [0, 0.1) is 18.7 Å². The van der Waals surface area contributed by atoms with E-state index in [0.29, 0.717) is 40.7 Å². The molecular weight excluding hydrogens is 539 g/mol. The lowest BCUT2D eigenvalue weighted by molar-refractivity contribution is -0.135. The molecule has 3 aromatic carbocycles. The summed E-state index contributed by atoms with van der Waals surface area (Å²) in [6, 6.07) is 16.7. The average Bonchev–Trinajstić information content (AvgIpc) is 2.99. The van der Waals surface area contributed by atoms with Crippen molar-refractivity contribution in [3.63, 3.8) is 0 Å². The molecule has 2 heterocycles. The van der Waals surface area contributed by atoms with Crippen molar-refractivity contribution < 1.29 is 28.2 Å². The first kappa shape index (κ1) is 28.8. The van der Waals surface area contributed by atoms with E-state index in [1.165, 1.54) is 12.1 Å². The number of carbonyl (C=O) groups is 2. The third-order valence-electron chi connectivity index (χ3n) is 7.25. The number of halogens is 1. The summed E-state index contributed by atoms with van der Waals surface area (Å²) in [7, 11) is 1.56. The molecule has 0 aliphatic carbocycles. The Balaban J connectivity index is 1.39. The van der Waals surface area contributed by atoms with Gasteiger partial charge < -0.3 is 25.3 Å². The van der Waals surface area contributed by atoms with Gasteiger partial charge in [-0.1, -0.05) is 29.8 Å². The lowest BCUT2D eigenvalue weighted by Crippen LogP contribution is -2.40. The summed E-state index contributed by atoms with van der Waals surface area (Å²) >= 11 is 0. The summed E-state index contributed by atoms with van der Waals surface area (Å²) < 4.78 is 33.1. The minimum absolute atomic E-state index is 0.0416. The lowest BCUT2D eigenvalue weighted by atomic mass is 9.99. The number of aryl methyl sites for hydroxylation is 1. The molecule has 1 saturated heterocycles. The Kier molecular flexibility index (Phi) is 8.83. The molecule has 10 heteroatoms. The number of methoxy groups -OCH3 is 1. The Hall–Kier alpha value is -4.70. The van der Waals surface area contributed by atoms with Crippen LogP contribution in [0.5, 0.6) is 23.0 Å². The quantitative estimate of drug-likeness (QED) is 0.275. The van der Waals surface area contributed by atoms with Crippen molar-refractivity contribution in [2.45, 2.75) is 26.3 Å². The number of nitrogens with zero attached hydrogens (tertiary/aromatic N) is 2. The van der Waals surface area contributed by atoms with E-state index in [4.69, 9.17) is 19.9 Å². The molecule has 0 radical (unpaired) electrons. The fraction of sp³-hybridized carbons (Fsp3) is 0.281. The first-order valence-corrected chi connectivity index (χ1v) is 13.8. The number of aromatic nitrogens is 1. The van der Waals surface area contributed by atoms with Crippen molar-refractivity contribution in [2.75, 3.05) is 31.7 Å². The minimum Gasteiger partial charge on any atom is -0.493 e. The molecule has 2 amide bonds. The first-order chi connectivity index (χ1) is 20.3. The van der Waals surface area contributed by atoms with Crippen LogP contribution in [-0.4, -0.2) is 43.6 Å². The van der Waals surface area contributed by atoms with Crippen LogP contribution in [0.15, 0.2) is 66.9 Å². The number of hydrogen-bond acceptors (Lipinski definition) is 7. The van der Waals surface area contributed by atoms with Crippen LogP contribution in [0.2, 0.25) is 0 Å². The van der Waals surface area contributed by atoms with Gasteiger partial charge in [-0.15, -0.1) is 0 Å². The van der Waals surface area contributed by atoms with Crippen LogP contribution in [-0.2, 0) is 16.1 Å². The zero-order valence-corrected chi connectivity index (χ0v) is 23.6. The molecule has 0 bridgehead atoms. The maximum absolute atomic E-state index is 15.4. The van der Waals surface area contributed by atoms with Gasteiger partial charge in [0, 0.05) is 29.4 Å². The second kappa shape index (κ2) is 12.9. The highest BCUT2D eigenvalue weighted by atomic mass is 19.1. The molecule has 1 aromatic heterocycles. The number of rotatable bonds is 9. The lowest BCUT2D eigenvalue weighted by Gasteiger charge is -2.23. The number of piperidine rings is 1. The van der Waals surface area contributed by atoms with Gasteiger partial charge in [0.05, 0.1) is 25.8 Å². The molecule has 218 valence electrons. The van der Waals surface area contributed by atoms with Crippen molar-refractivity contribution in [3.8, 4) is 23.0 Å². The van der Waals surface area contributed by atoms with E-state index < -0.39 is 17.6 Å². The van der Waals surface area contributed by atoms with E-state index in [2.05, 4.69) is 10.3 Å². The monoisotopic (exact) mass is 572 g/mol. The predicted octanol–water partition coefficient (Wildman–Crippen LogP) is 4.88. The Morgan fingerprint density at radius 3 is 2.55 bits per heavy atom. The minimum atomic E-state index is -1.14. The number of ether oxygens (including phenoxy) is 3. The van der Waals surface area contributed by atoms with Crippen LogP contribution < -0.4 is 30.2 Å². The van der Waals surface area contributed by atoms with Gasteiger partial charge >= 0.3 is 11.8 Å². The summed E-state index contributed by atoms with van der Waals surface area (Å²) in [6.45, 7) is 4.50. The van der Waals surface area contributed by atoms with Crippen molar-refractivity contribution in [1.29, 1.82) is 0 Å². The summed E-state index contributed by atoms with van der Waals surface area (Å²) in [6.07, 6.45) is 3.68. The molecule has 0 saturated carbocycles. The van der Waals surface area contributed by atoms with Crippen molar-refractivity contribution in [2.24, 2.45) is 11.7 Å². The number of pyridine rings is 1. The maximum atomic E-state index is 15.4. The van der Waals surface area contributed by atoms with Gasteiger partial charge in [-0.3, -0.25) is 19.5 Å². The fourth-order valence-electron chi connectivity index (χ4n) is 5.01. The molecular formula is C32H33FN4O5. The Bertz CT molecular complexity index is 1610. The predicted molar refractivity (Wildman–Crippen MR) is 157 cm³/mol. The molecule has 9 nitrogen and oxygen atoms in total. The van der Waals surface area contributed by atoms with Crippen molar-refractivity contribution in [3.05, 3.63) is 83.8 Å². The third-order valence-corrected chi connectivity index (χ3v) is 7.25. The van der Waals surface area contributed by atoms with Crippen molar-refractivity contribution in [1.82, 2.24) is 10.3 Å². The number of nitrogens with one attached hydrogen (secondary N) is 1. The molecule has 1 aliphatic rings. The Morgan fingerprint density at radius 2 is 1.83 bits per heavy atom. The van der Waals surface area contributed by atoms with Gasteiger partial charge in [0.25, 0.3) is 0 Å². The third kappa shape index (κ3) is 6.60. The van der Waals surface area contributed by atoms with Crippen LogP contribution in [0.25, 0.3) is 10.9 Å². The zero-order valence-electron chi connectivity index (χ0n) is 23.6. The molecule has 0 spiro atoms. The zero-order chi connectivity index (χ0) is 29.6. The average molecular weight is 573 g/mol. The highest BCUT2D eigenvalue weighted by molar-refractivity contribution is 6.39. The molecule has 0 unspecified atom stereocenters. The summed E-state index contributed by atoms with van der Waals surface area (Å²) in [5.74, 6) is -0.963. The van der Waals surface area contributed by atoms with E-state index in [0.717, 1.165) is 48.0 Å². The van der Waals surface area contributed by atoms with E-state index in [1.54, 1.807) is 31.5 Å². The number of anilines is 1. The van der Waals surface area contributed by atoms with Gasteiger partial charge in [-0.25, -0.2) is 4.39 Å². The Morgan fingerprint density at radius 1 is 1.02 bits per heavy atom. The topological polar surface area (TPSA) is 116 Å². The van der Waals surface area contributed by atoms with Crippen LogP contribution in [0.1, 0.15) is 24.0 Å².